The zero-order chi connectivity index (χ0) is 9.97. The molecule has 14 heavy (non-hydrogen) atoms. The second-order valence-electron chi connectivity index (χ2n) is 4.04. The highest BCUT2D eigenvalue weighted by Gasteiger charge is 2.22. The van der Waals surface area contributed by atoms with Gasteiger partial charge in [0.05, 0.1) is 7.11 Å². The summed E-state index contributed by atoms with van der Waals surface area (Å²) in [7, 11) is 1.69. The van der Waals surface area contributed by atoms with E-state index in [1.807, 2.05) is 12.1 Å². The van der Waals surface area contributed by atoms with Crippen molar-refractivity contribution >= 4 is 0 Å². The van der Waals surface area contributed by atoms with Gasteiger partial charge in [0.25, 0.3) is 0 Å². The average molecular weight is 191 g/mol. The molecule has 0 bridgehead atoms. The molecule has 0 aromatic heterocycles. The minimum Gasteiger partial charge on any atom is -0.497 e. The maximum Gasteiger partial charge on any atom is 0.118 e. The Labute approximate surface area is 85.1 Å². The van der Waals surface area contributed by atoms with Crippen LogP contribution in [0.15, 0.2) is 24.3 Å². The molecule has 0 heterocycles. The Morgan fingerprint density at radius 3 is 2.43 bits per heavy atom. The Balaban J connectivity index is 2.09. The van der Waals surface area contributed by atoms with Gasteiger partial charge in [-0.3, -0.25) is 0 Å². The molecule has 2 heteroatoms. The molecule has 0 saturated heterocycles. The molecule has 1 aliphatic carbocycles. The highest BCUT2D eigenvalue weighted by atomic mass is 16.5. The van der Waals surface area contributed by atoms with Crippen molar-refractivity contribution in [1.82, 2.24) is 0 Å². The van der Waals surface area contributed by atoms with E-state index in [9.17, 15) is 0 Å². The van der Waals surface area contributed by atoms with Gasteiger partial charge in [-0.2, -0.15) is 0 Å². The van der Waals surface area contributed by atoms with Crippen LogP contribution in [-0.4, -0.2) is 13.2 Å². The van der Waals surface area contributed by atoms with Crippen molar-refractivity contribution in [2.24, 2.45) is 5.73 Å². The van der Waals surface area contributed by atoms with Crippen LogP contribution in [0.25, 0.3) is 0 Å². The normalized spacial score (nSPS) is 26.4. The first-order valence-corrected chi connectivity index (χ1v) is 5.19. The first-order chi connectivity index (χ1) is 6.79. The average Bonchev–Trinajstić information content (AvgIpc) is 2.65. The molecule has 1 aromatic carbocycles. The van der Waals surface area contributed by atoms with Crippen LogP contribution in [0.3, 0.4) is 0 Å². The van der Waals surface area contributed by atoms with E-state index in [0.29, 0.717) is 12.0 Å². The fraction of sp³-hybridized carbons (Fsp3) is 0.500. The summed E-state index contributed by atoms with van der Waals surface area (Å²) in [5, 5.41) is 0. The topological polar surface area (TPSA) is 35.2 Å². The predicted octanol–water partition coefficient (Wildman–Crippen LogP) is 2.29. The summed E-state index contributed by atoms with van der Waals surface area (Å²) < 4.78 is 5.13. The molecule has 1 saturated carbocycles. The molecule has 2 atom stereocenters. The molecule has 1 aliphatic rings. The van der Waals surface area contributed by atoms with Crippen LogP contribution in [0.2, 0.25) is 0 Å². The van der Waals surface area contributed by atoms with Crippen LogP contribution in [0.4, 0.5) is 0 Å². The smallest absolute Gasteiger partial charge is 0.118 e. The quantitative estimate of drug-likeness (QED) is 0.778. The standard InChI is InChI=1S/C12H17NO/c1-14-12-6-3-9(4-7-12)10-2-5-11(13)8-10/h3-4,6-7,10-11H,2,5,8,13H2,1H3. The van der Waals surface area contributed by atoms with E-state index in [0.717, 1.165) is 18.6 Å². The Morgan fingerprint density at radius 2 is 1.93 bits per heavy atom. The molecule has 2 nitrogen and oxygen atoms in total. The molecule has 0 aliphatic heterocycles. The van der Waals surface area contributed by atoms with E-state index in [4.69, 9.17) is 10.5 Å². The lowest BCUT2D eigenvalue weighted by atomic mass is 9.97. The van der Waals surface area contributed by atoms with Crippen molar-refractivity contribution in [3.05, 3.63) is 29.8 Å². The van der Waals surface area contributed by atoms with Crippen molar-refractivity contribution in [1.29, 1.82) is 0 Å². The molecule has 1 fully saturated rings. The van der Waals surface area contributed by atoms with E-state index in [1.165, 1.54) is 12.0 Å². The summed E-state index contributed by atoms with van der Waals surface area (Å²) in [6.45, 7) is 0. The summed E-state index contributed by atoms with van der Waals surface area (Å²) in [4.78, 5) is 0. The van der Waals surface area contributed by atoms with Crippen molar-refractivity contribution < 1.29 is 4.74 Å². The third-order valence-electron chi connectivity index (χ3n) is 3.06. The summed E-state index contributed by atoms with van der Waals surface area (Å²) in [5.74, 6) is 1.59. The molecule has 0 radical (unpaired) electrons. The van der Waals surface area contributed by atoms with Gasteiger partial charge in [0, 0.05) is 6.04 Å². The van der Waals surface area contributed by atoms with Gasteiger partial charge in [-0.25, -0.2) is 0 Å². The van der Waals surface area contributed by atoms with Gasteiger partial charge in [-0.1, -0.05) is 12.1 Å². The van der Waals surface area contributed by atoms with Gasteiger partial charge in [0.1, 0.15) is 5.75 Å². The largest absolute Gasteiger partial charge is 0.497 e. The summed E-state index contributed by atoms with van der Waals surface area (Å²) in [6.07, 6.45) is 3.52. The number of methoxy groups -OCH3 is 1. The molecule has 0 amide bonds. The summed E-state index contributed by atoms with van der Waals surface area (Å²) in [5.41, 5.74) is 7.30. The second-order valence-corrected chi connectivity index (χ2v) is 4.04. The van der Waals surface area contributed by atoms with Crippen LogP contribution in [0, 0.1) is 0 Å². The van der Waals surface area contributed by atoms with E-state index >= 15 is 0 Å². The molecule has 0 spiro atoms. The predicted molar refractivity (Wildman–Crippen MR) is 57.6 cm³/mol. The second kappa shape index (κ2) is 4.01. The summed E-state index contributed by atoms with van der Waals surface area (Å²) >= 11 is 0. The number of rotatable bonds is 2. The Hall–Kier alpha value is -1.02. The van der Waals surface area contributed by atoms with Crippen LogP contribution >= 0.6 is 0 Å². The maximum absolute atomic E-state index is 5.89. The number of hydrogen-bond acceptors (Lipinski definition) is 2. The Kier molecular flexibility index (Phi) is 2.73. The van der Waals surface area contributed by atoms with E-state index in [2.05, 4.69) is 12.1 Å². The maximum atomic E-state index is 5.89. The highest BCUT2D eigenvalue weighted by molar-refractivity contribution is 5.30. The fourth-order valence-corrected chi connectivity index (χ4v) is 2.20. The monoisotopic (exact) mass is 191 g/mol. The van der Waals surface area contributed by atoms with Crippen molar-refractivity contribution in [2.75, 3.05) is 7.11 Å². The van der Waals surface area contributed by atoms with Crippen LogP contribution in [0.1, 0.15) is 30.7 Å². The zero-order valence-electron chi connectivity index (χ0n) is 8.57. The van der Waals surface area contributed by atoms with E-state index in [-0.39, 0.29) is 0 Å². The number of benzene rings is 1. The first kappa shape index (κ1) is 9.53. The van der Waals surface area contributed by atoms with E-state index in [1.54, 1.807) is 7.11 Å². The molecule has 2 rings (SSSR count). The zero-order valence-corrected chi connectivity index (χ0v) is 8.57. The number of hydrogen-bond donors (Lipinski definition) is 1. The molecule has 2 N–H and O–H groups in total. The summed E-state index contributed by atoms with van der Waals surface area (Å²) in [6, 6.07) is 8.77. The van der Waals surface area contributed by atoms with Gasteiger partial charge in [-0.15, -0.1) is 0 Å². The molecule has 76 valence electrons. The van der Waals surface area contributed by atoms with Gasteiger partial charge in [0.15, 0.2) is 0 Å². The van der Waals surface area contributed by atoms with Gasteiger partial charge in [-0.05, 0) is 42.9 Å². The lowest BCUT2D eigenvalue weighted by Crippen LogP contribution is -2.14. The molecular weight excluding hydrogens is 174 g/mol. The number of ether oxygens (including phenoxy) is 1. The van der Waals surface area contributed by atoms with Crippen LogP contribution in [-0.2, 0) is 0 Å². The van der Waals surface area contributed by atoms with Gasteiger partial charge < -0.3 is 10.5 Å². The Bertz CT molecular complexity index is 294. The number of nitrogens with two attached hydrogens (primary N) is 1. The van der Waals surface area contributed by atoms with Crippen LogP contribution in [0.5, 0.6) is 5.75 Å². The van der Waals surface area contributed by atoms with Crippen molar-refractivity contribution in [3.63, 3.8) is 0 Å². The van der Waals surface area contributed by atoms with Gasteiger partial charge >= 0.3 is 0 Å². The molecular formula is C12H17NO. The third kappa shape index (κ3) is 1.90. The van der Waals surface area contributed by atoms with Crippen molar-refractivity contribution in [2.45, 2.75) is 31.2 Å². The SMILES string of the molecule is COc1ccc(C2CCC(N)C2)cc1. The lowest BCUT2D eigenvalue weighted by Gasteiger charge is -2.10. The molecule has 2 unspecified atom stereocenters. The van der Waals surface area contributed by atoms with E-state index < -0.39 is 0 Å². The lowest BCUT2D eigenvalue weighted by molar-refractivity contribution is 0.414. The highest BCUT2D eigenvalue weighted by Crippen LogP contribution is 2.33. The first-order valence-electron chi connectivity index (χ1n) is 5.19. The minimum absolute atomic E-state index is 0.405. The van der Waals surface area contributed by atoms with Crippen molar-refractivity contribution in [3.8, 4) is 5.75 Å². The molecule has 1 aromatic rings. The fourth-order valence-electron chi connectivity index (χ4n) is 2.20. The minimum atomic E-state index is 0.405. The Morgan fingerprint density at radius 1 is 1.21 bits per heavy atom. The third-order valence-corrected chi connectivity index (χ3v) is 3.06. The van der Waals surface area contributed by atoms with Crippen LogP contribution < -0.4 is 10.5 Å². The van der Waals surface area contributed by atoms with Gasteiger partial charge in [0.2, 0.25) is 0 Å².